The number of carbonyl (C=O) groups excluding carboxylic acids is 3. The molecule has 35 heavy (non-hydrogen) atoms. The Morgan fingerprint density at radius 2 is 1.94 bits per heavy atom. The Bertz CT molecular complexity index is 1360. The van der Waals surface area contributed by atoms with Crippen molar-refractivity contribution in [2.75, 3.05) is 14.1 Å². The van der Waals surface area contributed by atoms with Crippen molar-refractivity contribution < 1.29 is 39.7 Å². The number of ketones is 2. The summed E-state index contributed by atoms with van der Waals surface area (Å²) in [5, 5.41) is 64.5. The first-order valence-electron chi connectivity index (χ1n) is 10.3. The smallest absolute Gasteiger partial charge is 0.433 e. The normalized spacial score (nSPS) is 27.8. The molecule has 3 aliphatic rings. The number of hydrogen-bond donors (Lipinski definition) is 5. The highest BCUT2D eigenvalue weighted by Crippen LogP contribution is 2.54. The molecule has 14 heteroatoms. The number of phenols is 1. The van der Waals surface area contributed by atoms with Gasteiger partial charge < -0.3 is 26.2 Å². The van der Waals surface area contributed by atoms with Crippen molar-refractivity contribution in [2.45, 2.75) is 24.5 Å². The maximum Gasteiger partial charge on any atom is 0.433 e. The van der Waals surface area contributed by atoms with Gasteiger partial charge in [-0.3, -0.25) is 29.4 Å². The van der Waals surface area contributed by atoms with Crippen molar-refractivity contribution >= 4 is 34.6 Å². The number of Topliss-reactive ketones (excluding diaryl/α,β-unsaturated/α-hetero) is 2. The Balaban J connectivity index is 2.03. The summed E-state index contributed by atoms with van der Waals surface area (Å²) < 4.78 is 0. The first-order chi connectivity index (χ1) is 16.3. The number of aliphatic hydroxyl groups excluding tert-OH is 2. The molecule has 1 saturated carbocycles. The SMILES string of the molecule is CN(C)[C@@H]1C(=O)C(C(N)=O)=C(O)[C@@]2(O)C(=O)C3=C(O)c4c(O)c([N+]#N)cc([N+](=O)[O-])c4C[C@H]3C[C@@H]12. The lowest BCUT2D eigenvalue weighted by molar-refractivity contribution is -0.385. The van der Waals surface area contributed by atoms with Crippen molar-refractivity contribution in [3.8, 4) is 5.75 Å². The van der Waals surface area contributed by atoms with Crippen molar-refractivity contribution in [3.05, 3.63) is 49.2 Å². The lowest BCUT2D eigenvalue weighted by Gasteiger charge is -2.50. The molecule has 1 aromatic carbocycles. The maximum atomic E-state index is 13.6. The molecule has 1 aromatic rings. The summed E-state index contributed by atoms with van der Waals surface area (Å²) in [6.07, 6.45) is -0.472. The number of nitrogens with two attached hydrogens (primary N) is 1. The van der Waals surface area contributed by atoms with Crippen LogP contribution >= 0.6 is 0 Å². The van der Waals surface area contributed by atoms with E-state index >= 15 is 0 Å². The summed E-state index contributed by atoms with van der Waals surface area (Å²) in [7, 11) is 2.91. The summed E-state index contributed by atoms with van der Waals surface area (Å²) in [5.41, 5.74) is -0.931. The Hall–Kier alpha value is -4.35. The van der Waals surface area contributed by atoms with Crippen molar-refractivity contribution in [3.63, 3.8) is 0 Å². The summed E-state index contributed by atoms with van der Waals surface area (Å²) >= 11 is 0. The van der Waals surface area contributed by atoms with Crippen LogP contribution in [0.3, 0.4) is 0 Å². The van der Waals surface area contributed by atoms with E-state index < -0.39 is 91.2 Å². The van der Waals surface area contributed by atoms with E-state index in [0.29, 0.717) is 0 Å². The predicted octanol–water partition coefficient (Wildman–Crippen LogP) is 0.357. The zero-order chi connectivity index (χ0) is 26.1. The van der Waals surface area contributed by atoms with Crippen LogP contribution in [0.5, 0.6) is 5.75 Å². The van der Waals surface area contributed by atoms with Crippen LogP contribution in [0.2, 0.25) is 0 Å². The van der Waals surface area contributed by atoms with E-state index in [1.165, 1.54) is 19.0 Å². The lowest BCUT2D eigenvalue weighted by Crippen LogP contribution is -2.65. The Labute approximate surface area is 196 Å². The van der Waals surface area contributed by atoms with Gasteiger partial charge in [-0.05, 0) is 32.9 Å². The number of nitrogens with zero attached hydrogens (tertiary/aromatic N) is 4. The average Bonchev–Trinajstić information content (AvgIpc) is 2.75. The molecule has 3 aliphatic carbocycles. The molecule has 14 nitrogen and oxygen atoms in total. The van der Waals surface area contributed by atoms with Crippen LogP contribution in [-0.4, -0.2) is 73.5 Å². The quantitative estimate of drug-likeness (QED) is 0.169. The van der Waals surface area contributed by atoms with E-state index in [0.717, 1.165) is 6.07 Å². The number of fused-ring (bicyclic) bond motifs is 3. The monoisotopic (exact) mass is 486 g/mol. The number of benzene rings is 1. The van der Waals surface area contributed by atoms with E-state index in [9.17, 15) is 44.9 Å². The minimum Gasteiger partial charge on any atom is -0.508 e. The van der Waals surface area contributed by atoms with Crippen molar-refractivity contribution in [2.24, 2.45) is 17.6 Å². The zero-order valence-corrected chi connectivity index (χ0v) is 18.4. The van der Waals surface area contributed by atoms with Gasteiger partial charge in [0.2, 0.25) is 16.9 Å². The highest BCUT2D eigenvalue weighted by atomic mass is 16.6. The summed E-state index contributed by atoms with van der Waals surface area (Å²) in [4.78, 5) is 53.5. The fraction of sp³-hybridized carbons (Fsp3) is 0.381. The molecule has 4 atom stereocenters. The lowest BCUT2D eigenvalue weighted by atomic mass is 9.57. The van der Waals surface area contributed by atoms with Crippen LogP contribution in [0.25, 0.3) is 10.7 Å². The van der Waals surface area contributed by atoms with Crippen LogP contribution in [0.15, 0.2) is 23.0 Å². The first kappa shape index (κ1) is 23.8. The van der Waals surface area contributed by atoms with Gasteiger partial charge in [-0.25, -0.2) is 0 Å². The molecular formula is C21H20N5O9+. The second-order valence-electron chi connectivity index (χ2n) is 8.94. The van der Waals surface area contributed by atoms with Crippen molar-refractivity contribution in [1.29, 1.82) is 5.39 Å². The molecule has 4 rings (SSSR count). The molecule has 0 aromatic heterocycles. The topological polar surface area (TPSA) is 233 Å². The largest absolute Gasteiger partial charge is 0.508 e. The maximum absolute atomic E-state index is 13.6. The van der Waals surface area contributed by atoms with E-state index in [4.69, 9.17) is 11.1 Å². The molecular weight excluding hydrogens is 466 g/mol. The van der Waals surface area contributed by atoms with E-state index in [2.05, 4.69) is 4.98 Å². The summed E-state index contributed by atoms with van der Waals surface area (Å²) in [6.45, 7) is 0. The standard InChI is InChI=1S/C21H19N5O9/c1-25(2)14-8-4-6-3-7-10(26(34)35)5-9(24-23)15(27)12(7)16(28)11(6)18(30)21(8,33)19(31)13(17(14)29)20(22)32/h5-6,8,14,33H,3-4H2,1-2H3,(H4-,22,27,28,29,30,31,32)/p+1/t6-,8-,14-,21-/m0/s1. The second-order valence-corrected chi connectivity index (χ2v) is 8.94. The highest BCUT2D eigenvalue weighted by Gasteiger charge is 2.64. The molecule has 0 heterocycles. The van der Waals surface area contributed by atoms with Gasteiger partial charge in [-0.15, -0.1) is 0 Å². The first-order valence-corrected chi connectivity index (χ1v) is 10.3. The van der Waals surface area contributed by atoms with Crippen LogP contribution < -0.4 is 5.73 Å². The number of aliphatic hydroxyl groups is 3. The molecule has 1 fully saturated rings. The van der Waals surface area contributed by atoms with Gasteiger partial charge in [0.25, 0.3) is 11.6 Å². The van der Waals surface area contributed by atoms with Gasteiger partial charge in [-0.2, -0.15) is 0 Å². The number of carbonyl (C=O) groups is 3. The predicted molar refractivity (Wildman–Crippen MR) is 116 cm³/mol. The summed E-state index contributed by atoms with van der Waals surface area (Å²) in [5.74, 6) is -8.82. The number of nitro benzene ring substituents is 1. The zero-order valence-electron chi connectivity index (χ0n) is 18.4. The van der Waals surface area contributed by atoms with Gasteiger partial charge >= 0.3 is 5.69 Å². The van der Waals surface area contributed by atoms with Gasteiger partial charge in [0.05, 0.1) is 16.5 Å². The average molecular weight is 486 g/mol. The summed E-state index contributed by atoms with van der Waals surface area (Å²) in [6, 6.07) is -0.472. The van der Waals surface area contributed by atoms with E-state index in [-0.39, 0.29) is 18.4 Å². The molecule has 6 N–H and O–H groups in total. The van der Waals surface area contributed by atoms with Crippen LogP contribution in [0, 0.1) is 27.3 Å². The number of phenolic OH excluding ortho intramolecular Hbond substituents is 1. The third kappa shape index (κ3) is 2.95. The number of primary amides is 1. The second kappa shape index (κ2) is 7.58. The van der Waals surface area contributed by atoms with Gasteiger partial charge in [0.15, 0.2) is 16.4 Å². The van der Waals surface area contributed by atoms with Gasteiger partial charge in [-0.1, -0.05) is 0 Å². The number of diazo groups is 1. The van der Waals surface area contributed by atoms with Crippen LogP contribution in [-0.2, 0) is 20.8 Å². The fourth-order valence-electron chi connectivity index (χ4n) is 5.52. The highest BCUT2D eigenvalue weighted by molar-refractivity contribution is 6.24. The van der Waals surface area contributed by atoms with Crippen molar-refractivity contribution in [1.82, 2.24) is 4.90 Å². The number of rotatable bonds is 3. The Morgan fingerprint density at radius 3 is 2.46 bits per heavy atom. The third-order valence-corrected chi connectivity index (χ3v) is 6.98. The molecule has 0 spiro atoms. The fourth-order valence-corrected chi connectivity index (χ4v) is 5.52. The van der Waals surface area contributed by atoms with Gasteiger partial charge in [0.1, 0.15) is 23.2 Å². The minimum absolute atomic E-state index is 0.148. The minimum atomic E-state index is -2.83. The van der Waals surface area contributed by atoms with E-state index in [1.807, 2.05) is 0 Å². The molecule has 0 radical (unpaired) electrons. The van der Waals surface area contributed by atoms with Crippen LogP contribution in [0.4, 0.5) is 11.4 Å². The molecule has 0 bridgehead atoms. The molecule has 0 aliphatic heterocycles. The van der Waals surface area contributed by atoms with E-state index in [1.54, 1.807) is 0 Å². The number of amides is 1. The van der Waals surface area contributed by atoms with Crippen LogP contribution in [0.1, 0.15) is 17.5 Å². The number of aromatic hydroxyl groups is 1. The molecule has 0 saturated heterocycles. The Kier molecular flexibility index (Phi) is 5.16. The molecule has 182 valence electrons. The number of hydrogen-bond acceptors (Lipinski definition) is 11. The number of nitro groups is 1. The number of likely N-dealkylation sites (N-methyl/N-ethyl adjacent to an activating group) is 1. The molecule has 1 amide bonds. The van der Waals surface area contributed by atoms with Gasteiger partial charge in [0, 0.05) is 17.1 Å². The third-order valence-electron chi connectivity index (χ3n) is 6.98. The molecule has 0 unspecified atom stereocenters. The Morgan fingerprint density at radius 1 is 1.31 bits per heavy atom.